The number of methoxy groups -OCH3 is 1. The second-order valence-electron chi connectivity index (χ2n) is 5.57. The highest BCUT2D eigenvalue weighted by Gasteiger charge is 2.32. The molecule has 0 bridgehead atoms. The van der Waals surface area contributed by atoms with Gasteiger partial charge in [0.1, 0.15) is 5.75 Å². The zero-order chi connectivity index (χ0) is 14.4. The van der Waals surface area contributed by atoms with Gasteiger partial charge >= 0.3 is 5.97 Å². The van der Waals surface area contributed by atoms with E-state index in [2.05, 4.69) is 6.07 Å². The molecular weight excluding hydrogens is 254 g/mol. The molecule has 1 unspecified atom stereocenters. The van der Waals surface area contributed by atoms with Crippen LogP contribution in [0.25, 0.3) is 10.9 Å². The Labute approximate surface area is 118 Å². The average Bonchev–Trinajstić information content (AvgIpc) is 2.71. The van der Waals surface area contributed by atoms with E-state index in [9.17, 15) is 9.90 Å². The molecule has 1 heterocycles. The number of carboxylic acids is 1. The molecule has 106 valence electrons. The number of aromatic nitrogens is 1. The number of rotatable bonds is 2. The van der Waals surface area contributed by atoms with Gasteiger partial charge in [-0.1, -0.05) is 0 Å². The minimum absolute atomic E-state index is 0.402. The number of hydrogen-bond donors (Lipinski definition) is 1. The number of nitrogens with zero attached hydrogens (tertiary/aromatic N) is 1. The van der Waals surface area contributed by atoms with Gasteiger partial charge in [0.2, 0.25) is 0 Å². The van der Waals surface area contributed by atoms with Gasteiger partial charge in [0.25, 0.3) is 0 Å². The highest BCUT2D eigenvalue weighted by molar-refractivity contribution is 5.93. The quantitative estimate of drug-likeness (QED) is 0.915. The first-order chi connectivity index (χ1) is 9.54. The number of carbonyl (C=O) groups is 1. The molecule has 0 spiro atoms. The summed E-state index contributed by atoms with van der Waals surface area (Å²) in [6.45, 7) is 2.04. The molecule has 1 N–H and O–H groups in total. The number of aryl methyl sites for hydroxylation is 3. The maximum Gasteiger partial charge on any atom is 0.312 e. The summed E-state index contributed by atoms with van der Waals surface area (Å²) in [5.74, 6) is -0.310. The first-order valence-corrected chi connectivity index (χ1v) is 6.93. The van der Waals surface area contributed by atoms with Gasteiger partial charge < -0.3 is 14.4 Å². The van der Waals surface area contributed by atoms with Crippen molar-refractivity contribution in [2.75, 3.05) is 7.11 Å². The van der Waals surface area contributed by atoms with Gasteiger partial charge in [0.15, 0.2) is 0 Å². The summed E-state index contributed by atoms with van der Waals surface area (Å²) in [6.07, 6.45) is 2.59. The minimum atomic E-state index is -0.729. The number of benzene rings is 1. The Morgan fingerprint density at radius 3 is 2.85 bits per heavy atom. The van der Waals surface area contributed by atoms with E-state index in [1.54, 1.807) is 7.11 Å². The lowest BCUT2D eigenvalue weighted by Gasteiger charge is -2.21. The molecule has 2 aromatic rings. The third-order valence-electron chi connectivity index (χ3n) is 4.32. The summed E-state index contributed by atoms with van der Waals surface area (Å²) in [5, 5.41) is 10.6. The van der Waals surface area contributed by atoms with Crippen LogP contribution in [0.3, 0.4) is 0 Å². The Hall–Kier alpha value is -1.97. The van der Waals surface area contributed by atoms with E-state index in [0.717, 1.165) is 40.8 Å². The van der Waals surface area contributed by atoms with Gasteiger partial charge in [-0.3, -0.25) is 4.79 Å². The zero-order valence-electron chi connectivity index (χ0n) is 12.1. The fourth-order valence-electron chi connectivity index (χ4n) is 3.50. The summed E-state index contributed by atoms with van der Waals surface area (Å²) in [6, 6.07) is 4.14. The van der Waals surface area contributed by atoms with Crippen LogP contribution in [0.15, 0.2) is 12.1 Å². The lowest BCUT2D eigenvalue weighted by atomic mass is 9.86. The largest absolute Gasteiger partial charge is 0.495 e. The second kappa shape index (κ2) is 4.54. The van der Waals surface area contributed by atoms with Crippen molar-refractivity contribution in [1.29, 1.82) is 0 Å². The Morgan fingerprint density at radius 2 is 2.20 bits per heavy atom. The van der Waals surface area contributed by atoms with Crippen LogP contribution in [0.4, 0.5) is 0 Å². The molecule has 1 aliphatic carbocycles. The monoisotopic (exact) mass is 273 g/mol. The van der Waals surface area contributed by atoms with E-state index in [4.69, 9.17) is 4.74 Å². The van der Waals surface area contributed by atoms with Gasteiger partial charge in [0, 0.05) is 18.1 Å². The first-order valence-electron chi connectivity index (χ1n) is 6.93. The van der Waals surface area contributed by atoms with Crippen LogP contribution < -0.4 is 4.74 Å². The van der Waals surface area contributed by atoms with Crippen LogP contribution >= 0.6 is 0 Å². The summed E-state index contributed by atoms with van der Waals surface area (Å²) in [5.41, 5.74) is 4.28. The van der Waals surface area contributed by atoms with E-state index in [0.29, 0.717) is 6.42 Å². The lowest BCUT2D eigenvalue weighted by Crippen LogP contribution is -2.20. The molecule has 0 saturated heterocycles. The summed E-state index contributed by atoms with van der Waals surface area (Å²) >= 11 is 0. The molecular formula is C16H19NO3. The van der Waals surface area contributed by atoms with Gasteiger partial charge in [-0.05, 0) is 49.4 Å². The summed E-state index contributed by atoms with van der Waals surface area (Å²) < 4.78 is 7.51. The van der Waals surface area contributed by atoms with Crippen molar-refractivity contribution in [3.8, 4) is 5.75 Å². The van der Waals surface area contributed by atoms with Crippen molar-refractivity contribution in [2.24, 2.45) is 7.05 Å². The second-order valence-corrected chi connectivity index (χ2v) is 5.57. The van der Waals surface area contributed by atoms with Gasteiger partial charge in [-0.25, -0.2) is 0 Å². The van der Waals surface area contributed by atoms with E-state index < -0.39 is 11.9 Å². The van der Waals surface area contributed by atoms with E-state index in [1.807, 2.05) is 24.6 Å². The molecule has 20 heavy (non-hydrogen) atoms. The van der Waals surface area contributed by atoms with Crippen LogP contribution in [-0.2, 0) is 18.3 Å². The molecule has 0 radical (unpaired) electrons. The predicted molar refractivity (Wildman–Crippen MR) is 77.5 cm³/mol. The molecule has 1 aromatic carbocycles. The van der Waals surface area contributed by atoms with Gasteiger partial charge in [-0.2, -0.15) is 0 Å². The standard InChI is InChI=1S/C16H19NO3/c1-9-7-12-10-5-4-6-11(16(18)19)14(10)17(2)15(12)13(8-9)20-3/h7-8,11H,4-6H2,1-3H3,(H,18,19). The third kappa shape index (κ3) is 1.71. The molecule has 0 fully saturated rings. The van der Waals surface area contributed by atoms with Crippen molar-refractivity contribution in [3.05, 3.63) is 29.0 Å². The highest BCUT2D eigenvalue weighted by Crippen LogP contribution is 2.41. The Balaban J connectivity index is 2.38. The maximum absolute atomic E-state index is 11.5. The molecule has 1 atom stereocenters. The first kappa shape index (κ1) is 13.0. The van der Waals surface area contributed by atoms with Crippen LogP contribution in [0.2, 0.25) is 0 Å². The normalized spacial score (nSPS) is 18.1. The molecule has 4 nitrogen and oxygen atoms in total. The fourth-order valence-corrected chi connectivity index (χ4v) is 3.50. The average molecular weight is 273 g/mol. The molecule has 1 aliphatic rings. The third-order valence-corrected chi connectivity index (χ3v) is 4.32. The van der Waals surface area contributed by atoms with Gasteiger partial charge in [0.05, 0.1) is 18.5 Å². The number of ether oxygens (including phenoxy) is 1. The number of fused-ring (bicyclic) bond motifs is 3. The van der Waals surface area contributed by atoms with E-state index in [1.165, 1.54) is 5.56 Å². The van der Waals surface area contributed by atoms with Crippen molar-refractivity contribution in [1.82, 2.24) is 4.57 Å². The lowest BCUT2D eigenvalue weighted by molar-refractivity contribution is -0.139. The Bertz CT molecular complexity index is 700. The maximum atomic E-state index is 11.5. The van der Waals surface area contributed by atoms with Gasteiger partial charge in [-0.15, -0.1) is 0 Å². The Morgan fingerprint density at radius 1 is 1.45 bits per heavy atom. The smallest absolute Gasteiger partial charge is 0.312 e. The number of carboxylic acid groups (broad SMARTS) is 1. The summed E-state index contributed by atoms with van der Waals surface area (Å²) in [4.78, 5) is 11.5. The Kier molecular flexibility index (Phi) is 2.96. The fraction of sp³-hybridized carbons (Fsp3) is 0.438. The van der Waals surface area contributed by atoms with Crippen molar-refractivity contribution < 1.29 is 14.6 Å². The number of hydrogen-bond acceptors (Lipinski definition) is 2. The molecule has 3 rings (SSSR count). The van der Waals surface area contributed by atoms with Crippen LogP contribution in [0.5, 0.6) is 5.75 Å². The predicted octanol–water partition coefficient (Wildman–Crippen LogP) is 3.00. The molecule has 0 aliphatic heterocycles. The number of aliphatic carboxylic acids is 1. The van der Waals surface area contributed by atoms with Crippen molar-refractivity contribution >= 4 is 16.9 Å². The van der Waals surface area contributed by atoms with Crippen LogP contribution in [0, 0.1) is 6.92 Å². The minimum Gasteiger partial charge on any atom is -0.495 e. The zero-order valence-corrected chi connectivity index (χ0v) is 12.1. The van der Waals surface area contributed by atoms with Crippen molar-refractivity contribution in [2.45, 2.75) is 32.1 Å². The van der Waals surface area contributed by atoms with E-state index in [-0.39, 0.29) is 0 Å². The van der Waals surface area contributed by atoms with Crippen LogP contribution in [-0.4, -0.2) is 22.8 Å². The highest BCUT2D eigenvalue weighted by atomic mass is 16.5. The topological polar surface area (TPSA) is 51.5 Å². The molecule has 0 saturated carbocycles. The molecule has 0 amide bonds. The molecule has 4 heteroatoms. The van der Waals surface area contributed by atoms with Crippen LogP contribution in [0.1, 0.15) is 35.6 Å². The SMILES string of the molecule is COc1cc(C)cc2c3c(n(C)c12)C(C(=O)O)CCC3. The summed E-state index contributed by atoms with van der Waals surface area (Å²) in [7, 11) is 3.61. The van der Waals surface area contributed by atoms with E-state index >= 15 is 0 Å². The molecule has 1 aromatic heterocycles. The van der Waals surface area contributed by atoms with Crippen molar-refractivity contribution in [3.63, 3.8) is 0 Å².